The summed E-state index contributed by atoms with van der Waals surface area (Å²) < 4.78 is 5.44. The number of carbonyl (C=O) groups excluding carboxylic acids is 1. The number of anilines is 2. The number of benzene rings is 1. The van der Waals surface area contributed by atoms with Gasteiger partial charge in [0.2, 0.25) is 5.95 Å². The molecular weight excluding hydrogens is 428 g/mol. The molecule has 0 fully saturated rings. The van der Waals surface area contributed by atoms with Crippen LogP contribution < -0.4 is 16.5 Å². The summed E-state index contributed by atoms with van der Waals surface area (Å²) in [4.78, 5) is 22.3. The van der Waals surface area contributed by atoms with E-state index >= 15 is 0 Å². The Morgan fingerprint density at radius 3 is 2.78 bits per heavy atom. The Morgan fingerprint density at radius 1 is 1.34 bits per heavy atom. The first-order valence-corrected chi connectivity index (χ1v) is 10.8. The molecular formula is C23H31ClN6O2. The molecule has 4 rings (SSSR count). The van der Waals surface area contributed by atoms with E-state index < -0.39 is 6.04 Å². The Kier molecular flexibility index (Phi) is 7.38. The fraction of sp³-hybridized carbons (Fsp3) is 0.435. The number of aromatic nitrogens is 2. The number of halogens is 1. The lowest BCUT2D eigenvalue weighted by atomic mass is 9.71. The normalized spacial score (nSPS) is 18.8. The fourth-order valence-corrected chi connectivity index (χ4v) is 4.40. The van der Waals surface area contributed by atoms with Crippen LogP contribution in [0.5, 0.6) is 0 Å². The van der Waals surface area contributed by atoms with Gasteiger partial charge in [0.25, 0.3) is 0 Å². The largest absolute Gasteiger partial charge is 0.465 e. The molecule has 1 aliphatic heterocycles. The molecule has 1 aliphatic carbocycles. The lowest BCUT2D eigenvalue weighted by molar-refractivity contribution is -0.148. The van der Waals surface area contributed by atoms with Crippen molar-refractivity contribution in [2.45, 2.75) is 39.7 Å². The molecule has 1 atom stereocenters. The Morgan fingerprint density at radius 2 is 2.09 bits per heavy atom. The number of rotatable bonds is 7. The molecule has 32 heavy (non-hydrogen) atoms. The van der Waals surface area contributed by atoms with E-state index in [0.717, 1.165) is 41.1 Å². The zero-order valence-corrected chi connectivity index (χ0v) is 19.5. The Bertz CT molecular complexity index is 995. The van der Waals surface area contributed by atoms with Gasteiger partial charge >= 0.3 is 5.97 Å². The minimum atomic E-state index is -0.495. The van der Waals surface area contributed by atoms with Gasteiger partial charge in [-0.2, -0.15) is 0 Å². The summed E-state index contributed by atoms with van der Waals surface area (Å²) in [7, 11) is 0. The SMILES string of the molecule is CCOC(=O)C1C2=C(NN1CCCN)c1nc(Nc3ccccc3)ncc1CC2(C)C.Cl. The van der Waals surface area contributed by atoms with E-state index in [-0.39, 0.29) is 23.8 Å². The maximum Gasteiger partial charge on any atom is 0.329 e. The van der Waals surface area contributed by atoms with Crippen LogP contribution in [0, 0.1) is 5.41 Å². The maximum absolute atomic E-state index is 13.0. The first-order chi connectivity index (χ1) is 14.9. The van der Waals surface area contributed by atoms with E-state index in [1.807, 2.05) is 48.5 Å². The number of esters is 1. The molecule has 0 amide bonds. The van der Waals surface area contributed by atoms with Gasteiger partial charge in [0.15, 0.2) is 6.04 Å². The quantitative estimate of drug-likeness (QED) is 0.544. The average Bonchev–Trinajstić information content (AvgIpc) is 3.15. The standard InChI is InChI=1S/C23H30N6O2.ClH/c1-4-31-21(30)20-17-19(28-29(20)12-8-11-24)18-15(13-23(17,2)3)14-25-22(27-18)26-16-9-6-5-7-10-16;/h5-7,9-10,14,20,28H,4,8,11-13,24H2,1-3H3,(H,25,26,27);1H. The van der Waals surface area contributed by atoms with Crippen molar-refractivity contribution in [2.24, 2.45) is 11.1 Å². The predicted molar refractivity (Wildman–Crippen MR) is 127 cm³/mol. The number of nitrogens with two attached hydrogens (primary N) is 1. The summed E-state index contributed by atoms with van der Waals surface area (Å²) in [5.41, 5.74) is 13.6. The first kappa shape index (κ1) is 24.0. The molecule has 0 radical (unpaired) electrons. The van der Waals surface area contributed by atoms with Crippen molar-refractivity contribution in [3.05, 3.63) is 53.4 Å². The second kappa shape index (κ2) is 9.85. The third-order valence-electron chi connectivity index (χ3n) is 5.72. The number of nitrogens with zero attached hydrogens (tertiary/aromatic N) is 3. The van der Waals surface area contributed by atoms with Gasteiger partial charge in [-0.05, 0) is 55.0 Å². The van der Waals surface area contributed by atoms with Crippen LogP contribution in [0.25, 0.3) is 5.70 Å². The first-order valence-electron chi connectivity index (χ1n) is 10.8. The molecule has 0 spiro atoms. The predicted octanol–water partition coefficient (Wildman–Crippen LogP) is 3.04. The van der Waals surface area contributed by atoms with Crippen LogP contribution in [-0.2, 0) is 16.0 Å². The number of nitrogens with one attached hydrogen (secondary N) is 2. The van der Waals surface area contributed by atoms with Crippen LogP contribution >= 0.6 is 12.4 Å². The molecule has 0 saturated carbocycles. The van der Waals surface area contributed by atoms with Gasteiger partial charge in [-0.3, -0.25) is 0 Å². The van der Waals surface area contributed by atoms with Crippen LogP contribution in [0.3, 0.4) is 0 Å². The van der Waals surface area contributed by atoms with E-state index in [1.54, 1.807) is 0 Å². The Hall–Kier alpha value is -2.68. The smallest absolute Gasteiger partial charge is 0.329 e. The highest BCUT2D eigenvalue weighted by Gasteiger charge is 2.48. The molecule has 0 bridgehead atoms. The van der Waals surface area contributed by atoms with E-state index in [2.05, 4.69) is 29.6 Å². The van der Waals surface area contributed by atoms with Crippen LogP contribution in [-0.4, -0.2) is 46.7 Å². The highest BCUT2D eigenvalue weighted by atomic mass is 35.5. The molecule has 1 unspecified atom stereocenters. The average molecular weight is 459 g/mol. The number of para-hydroxylation sites is 1. The van der Waals surface area contributed by atoms with E-state index in [9.17, 15) is 4.79 Å². The van der Waals surface area contributed by atoms with Crippen LogP contribution in [0.2, 0.25) is 0 Å². The molecule has 2 heterocycles. The topological polar surface area (TPSA) is 105 Å². The highest BCUT2D eigenvalue weighted by molar-refractivity contribution is 5.88. The van der Waals surface area contributed by atoms with Crippen molar-refractivity contribution < 1.29 is 9.53 Å². The number of hydrazine groups is 1. The molecule has 4 N–H and O–H groups in total. The summed E-state index contributed by atoms with van der Waals surface area (Å²) in [6.07, 6.45) is 3.39. The summed E-state index contributed by atoms with van der Waals surface area (Å²) in [6.45, 7) is 7.66. The van der Waals surface area contributed by atoms with Crippen molar-refractivity contribution in [1.29, 1.82) is 0 Å². The number of fused-ring (bicyclic) bond motifs is 2. The second-order valence-corrected chi connectivity index (χ2v) is 8.51. The lowest BCUT2D eigenvalue weighted by Crippen LogP contribution is -2.47. The molecule has 8 nitrogen and oxygen atoms in total. The Labute approximate surface area is 195 Å². The van der Waals surface area contributed by atoms with Crippen molar-refractivity contribution in [2.75, 3.05) is 25.0 Å². The molecule has 0 saturated heterocycles. The van der Waals surface area contributed by atoms with E-state index in [0.29, 0.717) is 25.6 Å². The maximum atomic E-state index is 13.0. The van der Waals surface area contributed by atoms with E-state index in [1.165, 1.54) is 0 Å². The molecule has 1 aromatic carbocycles. The second-order valence-electron chi connectivity index (χ2n) is 8.51. The van der Waals surface area contributed by atoms with Gasteiger partial charge < -0.3 is 21.2 Å². The molecule has 2 aromatic rings. The monoisotopic (exact) mass is 458 g/mol. The summed E-state index contributed by atoms with van der Waals surface area (Å²) >= 11 is 0. The lowest BCUT2D eigenvalue weighted by Gasteiger charge is -2.34. The van der Waals surface area contributed by atoms with Crippen molar-refractivity contribution in [3.8, 4) is 0 Å². The third-order valence-corrected chi connectivity index (χ3v) is 5.72. The van der Waals surface area contributed by atoms with Gasteiger partial charge in [0.05, 0.1) is 18.0 Å². The summed E-state index contributed by atoms with van der Waals surface area (Å²) in [5.74, 6) is 0.275. The van der Waals surface area contributed by atoms with Crippen molar-refractivity contribution >= 4 is 35.7 Å². The molecule has 1 aromatic heterocycles. The van der Waals surface area contributed by atoms with Gasteiger partial charge in [-0.1, -0.05) is 32.0 Å². The summed E-state index contributed by atoms with van der Waals surface area (Å²) in [5, 5.41) is 5.20. The minimum Gasteiger partial charge on any atom is -0.465 e. The van der Waals surface area contributed by atoms with Gasteiger partial charge in [-0.15, -0.1) is 12.4 Å². The number of ether oxygens (including phenoxy) is 1. The minimum absolute atomic E-state index is 0. The van der Waals surface area contributed by atoms with Crippen LogP contribution in [0.4, 0.5) is 11.6 Å². The number of hydrogen-bond donors (Lipinski definition) is 3. The van der Waals surface area contributed by atoms with Crippen molar-refractivity contribution in [3.63, 3.8) is 0 Å². The van der Waals surface area contributed by atoms with Gasteiger partial charge in [0.1, 0.15) is 0 Å². The van der Waals surface area contributed by atoms with Crippen LogP contribution in [0.15, 0.2) is 42.1 Å². The third kappa shape index (κ3) is 4.57. The zero-order chi connectivity index (χ0) is 22.0. The molecule has 172 valence electrons. The van der Waals surface area contributed by atoms with Crippen molar-refractivity contribution in [1.82, 2.24) is 20.4 Å². The van der Waals surface area contributed by atoms with Crippen LogP contribution in [0.1, 0.15) is 38.4 Å². The van der Waals surface area contributed by atoms with Gasteiger partial charge in [-0.25, -0.2) is 19.8 Å². The number of hydrogen-bond acceptors (Lipinski definition) is 8. The molecule has 9 heteroatoms. The fourth-order valence-electron chi connectivity index (χ4n) is 4.40. The Balaban J connectivity index is 0.00000289. The highest BCUT2D eigenvalue weighted by Crippen LogP contribution is 2.46. The molecule has 2 aliphatic rings. The summed E-state index contributed by atoms with van der Waals surface area (Å²) in [6, 6.07) is 9.33. The number of carbonyl (C=O) groups is 1. The van der Waals surface area contributed by atoms with E-state index in [4.69, 9.17) is 15.5 Å². The zero-order valence-electron chi connectivity index (χ0n) is 18.7. The van der Waals surface area contributed by atoms with Gasteiger partial charge in [0, 0.05) is 18.4 Å².